The number of benzene rings is 1. The average Bonchev–Trinajstić information content (AvgIpc) is 2.34. The van der Waals surface area contributed by atoms with Crippen LogP contribution >= 0.6 is 0 Å². The molecule has 0 aliphatic carbocycles. The molecular formula is C15H17FO3. The molecule has 0 aliphatic heterocycles. The Hall–Kier alpha value is -2.10. The zero-order chi connectivity index (χ0) is 14.4. The van der Waals surface area contributed by atoms with Crippen molar-refractivity contribution in [1.82, 2.24) is 0 Å². The maximum Gasteiger partial charge on any atom is 0.342 e. The Morgan fingerprint density at radius 1 is 1.21 bits per heavy atom. The second kappa shape index (κ2) is 6.73. The first kappa shape index (κ1) is 15.0. The van der Waals surface area contributed by atoms with Crippen LogP contribution in [-0.2, 0) is 4.74 Å². The first-order valence-electron chi connectivity index (χ1n) is 5.78. The largest absolute Gasteiger partial charge is 0.488 e. The van der Waals surface area contributed by atoms with Gasteiger partial charge in [-0.25, -0.2) is 9.18 Å². The summed E-state index contributed by atoms with van der Waals surface area (Å²) in [7, 11) is 0. The summed E-state index contributed by atoms with van der Waals surface area (Å²) in [6, 6.07) is 3.72. The van der Waals surface area contributed by atoms with E-state index in [0.717, 1.165) is 11.6 Å². The van der Waals surface area contributed by atoms with E-state index in [-0.39, 0.29) is 24.5 Å². The van der Waals surface area contributed by atoms with Crippen LogP contribution in [0.1, 0.15) is 24.2 Å². The topological polar surface area (TPSA) is 35.5 Å². The van der Waals surface area contributed by atoms with Gasteiger partial charge in [0.05, 0.1) is 0 Å². The number of esters is 1. The highest BCUT2D eigenvalue weighted by Gasteiger charge is 2.15. The van der Waals surface area contributed by atoms with Gasteiger partial charge in [-0.1, -0.05) is 13.2 Å². The van der Waals surface area contributed by atoms with Gasteiger partial charge in [-0.15, -0.1) is 0 Å². The van der Waals surface area contributed by atoms with E-state index >= 15 is 0 Å². The van der Waals surface area contributed by atoms with Crippen molar-refractivity contribution < 1.29 is 18.7 Å². The van der Waals surface area contributed by atoms with E-state index in [1.165, 1.54) is 12.1 Å². The summed E-state index contributed by atoms with van der Waals surface area (Å²) in [6.07, 6.45) is 0. The lowest BCUT2D eigenvalue weighted by atomic mass is 10.2. The summed E-state index contributed by atoms with van der Waals surface area (Å²) >= 11 is 0. The van der Waals surface area contributed by atoms with Crippen molar-refractivity contribution in [3.05, 3.63) is 53.9 Å². The first-order valence-corrected chi connectivity index (χ1v) is 5.78. The predicted molar refractivity (Wildman–Crippen MR) is 71.8 cm³/mol. The highest BCUT2D eigenvalue weighted by atomic mass is 19.1. The molecule has 1 aromatic carbocycles. The van der Waals surface area contributed by atoms with E-state index in [9.17, 15) is 9.18 Å². The summed E-state index contributed by atoms with van der Waals surface area (Å²) < 4.78 is 23.6. The van der Waals surface area contributed by atoms with Crippen molar-refractivity contribution >= 4 is 5.97 Å². The van der Waals surface area contributed by atoms with Gasteiger partial charge in [-0.2, -0.15) is 0 Å². The summed E-state index contributed by atoms with van der Waals surface area (Å²) in [6.45, 7) is 11.2. The van der Waals surface area contributed by atoms with E-state index in [2.05, 4.69) is 13.2 Å². The fraction of sp³-hybridized carbons (Fsp3) is 0.267. The zero-order valence-corrected chi connectivity index (χ0v) is 11.2. The molecule has 0 amide bonds. The van der Waals surface area contributed by atoms with Gasteiger partial charge in [0.15, 0.2) is 0 Å². The van der Waals surface area contributed by atoms with Crippen LogP contribution in [0.2, 0.25) is 0 Å². The zero-order valence-electron chi connectivity index (χ0n) is 11.2. The van der Waals surface area contributed by atoms with E-state index in [1.807, 2.05) is 0 Å². The number of ether oxygens (including phenoxy) is 2. The lowest BCUT2D eigenvalue weighted by Gasteiger charge is -2.11. The molecule has 0 saturated carbocycles. The van der Waals surface area contributed by atoms with Crippen LogP contribution in [0.4, 0.5) is 4.39 Å². The maximum absolute atomic E-state index is 13.2. The van der Waals surface area contributed by atoms with Crippen molar-refractivity contribution in [2.45, 2.75) is 13.8 Å². The Morgan fingerprint density at radius 2 is 1.84 bits per heavy atom. The van der Waals surface area contributed by atoms with Crippen molar-refractivity contribution in [3.8, 4) is 5.75 Å². The summed E-state index contributed by atoms with van der Waals surface area (Å²) in [5.41, 5.74) is 1.56. The Bertz CT molecular complexity index is 506. The van der Waals surface area contributed by atoms with Crippen LogP contribution in [0.15, 0.2) is 42.5 Å². The Kier molecular flexibility index (Phi) is 5.30. The molecule has 0 atom stereocenters. The number of rotatable bonds is 6. The molecule has 1 rings (SSSR count). The quantitative estimate of drug-likeness (QED) is 0.582. The maximum atomic E-state index is 13.2. The van der Waals surface area contributed by atoms with Crippen LogP contribution in [0.3, 0.4) is 0 Å². The molecule has 0 radical (unpaired) electrons. The summed E-state index contributed by atoms with van der Waals surface area (Å²) in [5, 5.41) is 0. The first-order chi connectivity index (χ1) is 8.90. The van der Waals surface area contributed by atoms with Crippen LogP contribution < -0.4 is 4.74 Å². The fourth-order valence-corrected chi connectivity index (χ4v) is 1.26. The van der Waals surface area contributed by atoms with E-state index in [4.69, 9.17) is 9.47 Å². The SMILES string of the molecule is C=C(C)COC(=O)c1cc(F)ccc1OCC(=C)C. The third-order valence-corrected chi connectivity index (χ3v) is 2.09. The van der Waals surface area contributed by atoms with Crippen molar-refractivity contribution in [2.24, 2.45) is 0 Å². The molecule has 3 nitrogen and oxygen atoms in total. The van der Waals surface area contributed by atoms with E-state index < -0.39 is 11.8 Å². The monoisotopic (exact) mass is 264 g/mol. The van der Waals surface area contributed by atoms with Gasteiger partial charge in [0.25, 0.3) is 0 Å². The van der Waals surface area contributed by atoms with Crippen molar-refractivity contribution in [1.29, 1.82) is 0 Å². The second-order valence-corrected chi connectivity index (χ2v) is 4.42. The van der Waals surface area contributed by atoms with Gasteiger partial charge < -0.3 is 9.47 Å². The number of carbonyl (C=O) groups is 1. The minimum absolute atomic E-state index is 0.0579. The molecule has 0 unspecified atom stereocenters. The summed E-state index contributed by atoms with van der Waals surface area (Å²) in [5.74, 6) is -0.889. The molecule has 0 aromatic heterocycles. The molecule has 0 bridgehead atoms. The van der Waals surface area contributed by atoms with Crippen LogP contribution in [0.5, 0.6) is 5.75 Å². The lowest BCUT2D eigenvalue weighted by Crippen LogP contribution is -2.10. The van der Waals surface area contributed by atoms with Crippen LogP contribution in [0.25, 0.3) is 0 Å². The minimum atomic E-state index is -0.640. The molecule has 102 valence electrons. The molecular weight excluding hydrogens is 247 g/mol. The number of hydrogen-bond acceptors (Lipinski definition) is 3. The highest BCUT2D eigenvalue weighted by Crippen LogP contribution is 2.21. The standard InChI is InChI=1S/C15H17FO3/c1-10(2)8-18-14-6-5-12(16)7-13(14)15(17)19-9-11(3)4/h5-7H,1,3,8-9H2,2,4H3. The Balaban J connectivity index is 2.89. The lowest BCUT2D eigenvalue weighted by molar-refractivity contribution is 0.0535. The molecule has 0 spiro atoms. The molecule has 0 N–H and O–H groups in total. The number of hydrogen-bond donors (Lipinski definition) is 0. The average molecular weight is 264 g/mol. The summed E-state index contributed by atoms with van der Waals surface area (Å²) in [4.78, 5) is 11.8. The van der Waals surface area contributed by atoms with Gasteiger partial charge in [0, 0.05) is 0 Å². The second-order valence-electron chi connectivity index (χ2n) is 4.42. The number of carbonyl (C=O) groups excluding carboxylic acids is 1. The van der Waals surface area contributed by atoms with Crippen LogP contribution in [-0.4, -0.2) is 19.2 Å². The highest BCUT2D eigenvalue weighted by molar-refractivity contribution is 5.92. The van der Waals surface area contributed by atoms with E-state index in [0.29, 0.717) is 5.57 Å². The molecule has 19 heavy (non-hydrogen) atoms. The van der Waals surface area contributed by atoms with Gasteiger partial charge in [-0.3, -0.25) is 0 Å². The molecule has 0 heterocycles. The molecule has 0 saturated heterocycles. The van der Waals surface area contributed by atoms with Gasteiger partial charge in [0.1, 0.15) is 30.3 Å². The molecule has 0 fully saturated rings. The Labute approximate surface area is 112 Å². The predicted octanol–water partition coefficient (Wildman–Crippen LogP) is 3.51. The smallest absolute Gasteiger partial charge is 0.342 e. The van der Waals surface area contributed by atoms with E-state index in [1.54, 1.807) is 13.8 Å². The minimum Gasteiger partial charge on any atom is -0.488 e. The van der Waals surface area contributed by atoms with Crippen LogP contribution in [0, 0.1) is 5.82 Å². The third kappa shape index (κ3) is 4.95. The third-order valence-electron chi connectivity index (χ3n) is 2.09. The van der Waals surface area contributed by atoms with Gasteiger partial charge in [-0.05, 0) is 43.2 Å². The fourth-order valence-electron chi connectivity index (χ4n) is 1.26. The van der Waals surface area contributed by atoms with Crippen molar-refractivity contribution in [3.63, 3.8) is 0 Å². The molecule has 0 aliphatic rings. The van der Waals surface area contributed by atoms with Gasteiger partial charge in [0.2, 0.25) is 0 Å². The Morgan fingerprint density at radius 3 is 2.42 bits per heavy atom. The van der Waals surface area contributed by atoms with Gasteiger partial charge >= 0.3 is 5.97 Å². The van der Waals surface area contributed by atoms with Crippen molar-refractivity contribution in [2.75, 3.05) is 13.2 Å². The normalized spacial score (nSPS) is 9.84. The molecule has 4 heteroatoms. The molecule has 1 aromatic rings. The number of halogens is 1.